The second-order valence-electron chi connectivity index (χ2n) is 6.21. The van der Waals surface area contributed by atoms with Gasteiger partial charge in [0.25, 0.3) is 0 Å². The molecule has 1 atom stereocenters. The van der Waals surface area contributed by atoms with E-state index in [-0.39, 0.29) is 48.4 Å². The van der Waals surface area contributed by atoms with Gasteiger partial charge in [0, 0.05) is 38.1 Å². The molecule has 1 aliphatic heterocycles. The number of halogens is 4. The maximum Gasteiger partial charge on any atom is 0.401 e. The van der Waals surface area contributed by atoms with Crippen LogP contribution in [0.5, 0.6) is 0 Å². The van der Waals surface area contributed by atoms with Gasteiger partial charge in [0.15, 0.2) is 5.96 Å². The van der Waals surface area contributed by atoms with Crippen molar-refractivity contribution < 1.29 is 18.0 Å². The van der Waals surface area contributed by atoms with Crippen molar-refractivity contribution in [1.29, 1.82) is 0 Å². The maximum absolute atomic E-state index is 12.4. The topological polar surface area (TPSA) is 68.8 Å². The summed E-state index contributed by atoms with van der Waals surface area (Å²) in [5.74, 6) is 0.468. The van der Waals surface area contributed by atoms with Crippen LogP contribution >= 0.6 is 24.0 Å². The number of rotatable bonds is 7. The predicted octanol–water partition coefficient (Wildman–Crippen LogP) is 1.71. The number of hydrogen-bond acceptors (Lipinski definition) is 3. The minimum Gasteiger partial charge on any atom is -0.357 e. The molecule has 0 aliphatic carbocycles. The fraction of sp³-hybridized carbons (Fsp3) is 0.867. The molecule has 1 unspecified atom stereocenters. The van der Waals surface area contributed by atoms with Crippen molar-refractivity contribution in [3.8, 4) is 0 Å². The normalized spacial score (nSPS) is 18.8. The Morgan fingerprint density at radius 2 is 2.04 bits per heavy atom. The number of carbonyl (C=O) groups excluding carboxylic acids is 1. The molecule has 0 bridgehead atoms. The lowest BCUT2D eigenvalue weighted by atomic mass is 10.3. The van der Waals surface area contributed by atoms with Gasteiger partial charge in [-0.2, -0.15) is 13.2 Å². The van der Waals surface area contributed by atoms with Gasteiger partial charge >= 0.3 is 6.18 Å². The van der Waals surface area contributed by atoms with E-state index in [1.54, 1.807) is 0 Å². The Balaban J connectivity index is 0.00000576. The molecule has 1 fully saturated rings. The van der Waals surface area contributed by atoms with E-state index in [9.17, 15) is 18.0 Å². The zero-order valence-electron chi connectivity index (χ0n) is 14.9. The van der Waals surface area contributed by atoms with E-state index in [0.717, 1.165) is 0 Å². The summed E-state index contributed by atoms with van der Waals surface area (Å²) in [6.07, 6.45) is -3.26. The molecule has 1 aliphatic rings. The first-order valence-electron chi connectivity index (χ1n) is 8.33. The fourth-order valence-electron chi connectivity index (χ4n) is 2.52. The average Bonchev–Trinajstić information content (AvgIpc) is 2.82. The van der Waals surface area contributed by atoms with Crippen molar-refractivity contribution in [2.45, 2.75) is 51.9 Å². The van der Waals surface area contributed by atoms with Crippen LogP contribution < -0.4 is 16.0 Å². The number of carbonyl (C=O) groups is 1. The van der Waals surface area contributed by atoms with Crippen molar-refractivity contribution in [3.05, 3.63) is 0 Å². The summed E-state index contributed by atoms with van der Waals surface area (Å²) in [6, 6.07) is 0.0144. The van der Waals surface area contributed by atoms with E-state index in [2.05, 4.69) is 20.9 Å². The number of alkyl halides is 3. The monoisotopic (exact) mass is 479 g/mol. The molecule has 3 N–H and O–H groups in total. The molecule has 1 saturated heterocycles. The molecule has 0 radical (unpaired) electrons. The van der Waals surface area contributed by atoms with Crippen molar-refractivity contribution >= 4 is 35.8 Å². The van der Waals surface area contributed by atoms with Crippen LogP contribution in [0.3, 0.4) is 0 Å². The van der Waals surface area contributed by atoms with Gasteiger partial charge in [0.05, 0.1) is 13.1 Å². The highest BCUT2D eigenvalue weighted by Gasteiger charge is 2.34. The van der Waals surface area contributed by atoms with Crippen LogP contribution in [0.25, 0.3) is 0 Å². The van der Waals surface area contributed by atoms with Crippen molar-refractivity contribution in [2.24, 2.45) is 4.99 Å². The molecule has 0 aromatic carbocycles. The van der Waals surface area contributed by atoms with Gasteiger partial charge in [-0.25, -0.2) is 0 Å². The van der Waals surface area contributed by atoms with Gasteiger partial charge in [-0.3, -0.25) is 14.7 Å². The van der Waals surface area contributed by atoms with Crippen molar-refractivity contribution in [3.63, 3.8) is 0 Å². The Bertz CT molecular complexity index is 432. The molecule has 0 spiro atoms. The highest BCUT2D eigenvalue weighted by molar-refractivity contribution is 14.0. The summed E-state index contributed by atoms with van der Waals surface area (Å²) in [5.41, 5.74) is 0. The first kappa shape index (κ1) is 24.2. The fourth-order valence-corrected chi connectivity index (χ4v) is 2.52. The second-order valence-corrected chi connectivity index (χ2v) is 6.21. The molecular weight excluding hydrogens is 450 g/mol. The molecular formula is C15H29F3IN5O. The third-order valence-electron chi connectivity index (χ3n) is 3.42. The lowest BCUT2D eigenvalue weighted by Gasteiger charge is -2.19. The molecule has 0 aromatic rings. The van der Waals surface area contributed by atoms with E-state index in [1.165, 1.54) is 4.90 Å². The molecule has 6 nitrogen and oxygen atoms in total. The minimum atomic E-state index is -4.17. The Kier molecular flexibility index (Phi) is 11.4. The van der Waals surface area contributed by atoms with Crippen LogP contribution in [0.15, 0.2) is 4.99 Å². The van der Waals surface area contributed by atoms with Gasteiger partial charge < -0.3 is 16.0 Å². The third kappa shape index (κ3) is 11.4. The van der Waals surface area contributed by atoms with Crippen LogP contribution in [0.4, 0.5) is 13.2 Å². The molecule has 1 amide bonds. The molecule has 148 valence electrons. The summed E-state index contributed by atoms with van der Waals surface area (Å²) < 4.78 is 37.2. The number of hydrogen-bond donors (Lipinski definition) is 3. The first-order chi connectivity index (χ1) is 11.2. The highest BCUT2D eigenvalue weighted by atomic mass is 127. The Hall–Kier alpha value is -0.780. The van der Waals surface area contributed by atoms with E-state index in [1.807, 2.05) is 20.8 Å². The number of guanidine groups is 1. The maximum atomic E-state index is 12.4. The average molecular weight is 479 g/mol. The zero-order valence-corrected chi connectivity index (χ0v) is 17.3. The third-order valence-corrected chi connectivity index (χ3v) is 3.42. The summed E-state index contributed by atoms with van der Waals surface area (Å²) in [7, 11) is 0. The molecule has 10 heteroatoms. The minimum absolute atomic E-state index is 0. The molecule has 25 heavy (non-hydrogen) atoms. The van der Waals surface area contributed by atoms with E-state index in [4.69, 9.17) is 0 Å². The first-order valence-corrected chi connectivity index (χ1v) is 8.33. The number of likely N-dealkylation sites (tertiary alicyclic amines) is 1. The van der Waals surface area contributed by atoms with Crippen LogP contribution in [0.1, 0.15) is 33.6 Å². The van der Waals surface area contributed by atoms with E-state index < -0.39 is 12.7 Å². The molecule has 1 heterocycles. The van der Waals surface area contributed by atoms with Crippen molar-refractivity contribution in [1.82, 2.24) is 20.9 Å². The largest absolute Gasteiger partial charge is 0.401 e. The lowest BCUT2D eigenvalue weighted by Crippen LogP contribution is -2.45. The SMILES string of the molecule is CCNC(=NCCC(=O)NC(C)C)NC1CCN(CC(F)(F)F)C1.I. The van der Waals surface area contributed by atoms with Crippen LogP contribution in [0, 0.1) is 0 Å². The number of aliphatic imine (C=N–C) groups is 1. The predicted molar refractivity (Wildman–Crippen MR) is 103 cm³/mol. The number of nitrogens with one attached hydrogen (secondary N) is 3. The van der Waals surface area contributed by atoms with Gasteiger partial charge in [0.2, 0.25) is 5.91 Å². The summed E-state index contributed by atoms with van der Waals surface area (Å²) in [6.45, 7) is 6.52. The Morgan fingerprint density at radius 3 is 2.60 bits per heavy atom. The van der Waals surface area contributed by atoms with Gasteiger partial charge in [-0.15, -0.1) is 24.0 Å². The number of nitrogens with zero attached hydrogens (tertiary/aromatic N) is 2. The smallest absolute Gasteiger partial charge is 0.357 e. The van der Waals surface area contributed by atoms with E-state index >= 15 is 0 Å². The molecule has 0 saturated carbocycles. The molecule has 1 rings (SSSR count). The molecule has 0 aromatic heterocycles. The quantitative estimate of drug-likeness (QED) is 0.296. The lowest BCUT2D eigenvalue weighted by molar-refractivity contribution is -0.143. The van der Waals surface area contributed by atoms with Crippen molar-refractivity contribution in [2.75, 3.05) is 32.7 Å². The standard InChI is InChI=1S/C15H28F3N5O.HI/c1-4-19-14(20-7-5-13(24)21-11(2)3)22-12-6-8-23(9-12)10-15(16,17)18;/h11-12H,4-10H2,1-3H3,(H,21,24)(H2,19,20,22);1H. The van der Waals surface area contributed by atoms with Crippen LogP contribution in [-0.4, -0.2) is 67.8 Å². The van der Waals surface area contributed by atoms with Gasteiger partial charge in [-0.1, -0.05) is 0 Å². The van der Waals surface area contributed by atoms with Gasteiger partial charge in [0.1, 0.15) is 0 Å². The summed E-state index contributed by atoms with van der Waals surface area (Å²) in [5, 5.41) is 8.99. The van der Waals surface area contributed by atoms with Crippen LogP contribution in [0.2, 0.25) is 0 Å². The van der Waals surface area contributed by atoms with E-state index in [0.29, 0.717) is 38.6 Å². The highest BCUT2D eigenvalue weighted by Crippen LogP contribution is 2.19. The summed E-state index contributed by atoms with van der Waals surface area (Å²) >= 11 is 0. The van der Waals surface area contributed by atoms with Crippen LogP contribution in [-0.2, 0) is 4.79 Å². The second kappa shape index (κ2) is 11.8. The number of amides is 1. The zero-order chi connectivity index (χ0) is 18.2. The summed E-state index contributed by atoms with van der Waals surface area (Å²) in [4.78, 5) is 17.3. The Labute approximate surface area is 164 Å². The van der Waals surface area contributed by atoms with Gasteiger partial charge in [-0.05, 0) is 27.2 Å². The Morgan fingerprint density at radius 1 is 1.36 bits per heavy atom.